The maximum atomic E-state index is 6.33. The number of ether oxygens (including phenoxy) is 1. The van der Waals surface area contributed by atoms with E-state index in [1.54, 1.807) is 5.57 Å². The molecule has 1 fully saturated rings. The minimum atomic E-state index is 0.0721. The van der Waals surface area contributed by atoms with Crippen molar-refractivity contribution in [3.05, 3.63) is 11.6 Å². The van der Waals surface area contributed by atoms with Gasteiger partial charge < -0.3 is 4.74 Å². The highest BCUT2D eigenvalue weighted by Crippen LogP contribution is 2.46. The van der Waals surface area contributed by atoms with Crippen LogP contribution in [0.2, 0.25) is 0 Å². The highest BCUT2D eigenvalue weighted by atomic mass is 16.5. The van der Waals surface area contributed by atoms with E-state index in [9.17, 15) is 0 Å². The molecule has 0 amide bonds. The van der Waals surface area contributed by atoms with Gasteiger partial charge in [0, 0.05) is 5.92 Å². The molecule has 1 nitrogen and oxygen atoms in total. The molecule has 0 saturated carbocycles. The van der Waals surface area contributed by atoms with Gasteiger partial charge in [-0.1, -0.05) is 25.5 Å². The Bertz CT molecular complexity index is 275. The highest BCUT2D eigenvalue weighted by molar-refractivity contribution is 5.15. The van der Waals surface area contributed by atoms with Crippen LogP contribution in [-0.4, -0.2) is 11.7 Å². The molecule has 0 aromatic carbocycles. The number of hydrogen-bond donors (Lipinski definition) is 0. The molecular formula is C14H24O. The summed E-state index contributed by atoms with van der Waals surface area (Å²) in [5.41, 5.74) is 1.63. The normalized spacial score (nSPS) is 39.1. The van der Waals surface area contributed by atoms with E-state index < -0.39 is 0 Å². The summed E-state index contributed by atoms with van der Waals surface area (Å²) in [6, 6.07) is 0. The Balaban J connectivity index is 2.28. The first-order valence-corrected chi connectivity index (χ1v) is 6.26. The van der Waals surface area contributed by atoms with E-state index in [4.69, 9.17) is 4.74 Å². The minimum Gasteiger partial charge on any atom is -0.371 e. The molecule has 1 heterocycles. The molecule has 0 unspecified atom stereocenters. The molecule has 2 bridgehead atoms. The van der Waals surface area contributed by atoms with Crippen LogP contribution in [0.1, 0.15) is 47.5 Å². The Morgan fingerprint density at radius 2 is 2.07 bits per heavy atom. The van der Waals surface area contributed by atoms with Gasteiger partial charge in [-0.15, -0.1) is 0 Å². The topological polar surface area (TPSA) is 9.23 Å². The van der Waals surface area contributed by atoms with E-state index in [2.05, 4.69) is 40.7 Å². The van der Waals surface area contributed by atoms with Crippen molar-refractivity contribution >= 4 is 0 Å². The molecular weight excluding hydrogens is 184 g/mol. The number of allylic oxidation sites excluding steroid dienone is 1. The third kappa shape index (κ3) is 1.87. The highest BCUT2D eigenvalue weighted by Gasteiger charge is 2.45. The summed E-state index contributed by atoms with van der Waals surface area (Å²) in [6.07, 6.45) is 5.41. The van der Waals surface area contributed by atoms with E-state index in [-0.39, 0.29) is 5.60 Å². The third-order valence-electron chi connectivity index (χ3n) is 4.32. The van der Waals surface area contributed by atoms with E-state index in [0.29, 0.717) is 17.9 Å². The van der Waals surface area contributed by atoms with Crippen LogP contribution in [0.4, 0.5) is 0 Å². The maximum Gasteiger partial charge on any atom is 0.0670 e. The number of hydrogen-bond acceptors (Lipinski definition) is 1. The largest absolute Gasteiger partial charge is 0.371 e. The molecule has 15 heavy (non-hydrogen) atoms. The first-order valence-electron chi connectivity index (χ1n) is 6.26. The monoisotopic (exact) mass is 208 g/mol. The molecule has 1 heteroatoms. The molecule has 86 valence electrons. The van der Waals surface area contributed by atoms with Crippen LogP contribution in [0.3, 0.4) is 0 Å². The van der Waals surface area contributed by atoms with Crippen LogP contribution in [0, 0.1) is 17.8 Å². The fourth-order valence-corrected chi connectivity index (χ4v) is 3.16. The second-order valence-corrected chi connectivity index (χ2v) is 6.15. The zero-order valence-corrected chi connectivity index (χ0v) is 10.7. The van der Waals surface area contributed by atoms with Crippen molar-refractivity contribution in [1.82, 2.24) is 0 Å². The fourth-order valence-electron chi connectivity index (χ4n) is 3.16. The summed E-state index contributed by atoms with van der Waals surface area (Å²) in [7, 11) is 0. The lowest BCUT2D eigenvalue weighted by Crippen LogP contribution is -2.51. The zero-order valence-electron chi connectivity index (χ0n) is 10.7. The lowest BCUT2D eigenvalue weighted by Gasteiger charge is -2.50. The summed E-state index contributed by atoms with van der Waals surface area (Å²) in [6.45, 7) is 11.4. The predicted molar refractivity (Wildman–Crippen MR) is 63.8 cm³/mol. The van der Waals surface area contributed by atoms with Gasteiger partial charge in [-0.05, 0) is 45.4 Å². The minimum absolute atomic E-state index is 0.0721. The summed E-state index contributed by atoms with van der Waals surface area (Å²) in [5.74, 6) is 2.02. The van der Waals surface area contributed by atoms with Gasteiger partial charge in [0.1, 0.15) is 0 Å². The summed E-state index contributed by atoms with van der Waals surface area (Å²) >= 11 is 0. The van der Waals surface area contributed by atoms with Crippen LogP contribution in [0.15, 0.2) is 11.6 Å². The van der Waals surface area contributed by atoms with Crippen LogP contribution >= 0.6 is 0 Å². The van der Waals surface area contributed by atoms with Crippen molar-refractivity contribution in [2.45, 2.75) is 59.2 Å². The standard InChI is InChI=1S/C14H24O/c1-9(2)13-12-8-11(7-6-10(12)3)14(4,5)15-13/h6,9,11-13H,7-8H2,1-5H3/t11-,12-,13-/m1/s1. The van der Waals surface area contributed by atoms with Gasteiger partial charge >= 0.3 is 0 Å². The first-order chi connectivity index (χ1) is 6.92. The summed E-state index contributed by atoms with van der Waals surface area (Å²) < 4.78 is 6.33. The van der Waals surface area contributed by atoms with Crippen molar-refractivity contribution < 1.29 is 4.74 Å². The lowest BCUT2D eigenvalue weighted by atomic mass is 9.68. The second-order valence-electron chi connectivity index (χ2n) is 6.15. The molecule has 1 aliphatic heterocycles. The lowest BCUT2D eigenvalue weighted by molar-refractivity contribution is -0.177. The van der Waals surface area contributed by atoms with Crippen LogP contribution in [-0.2, 0) is 4.74 Å². The maximum absolute atomic E-state index is 6.33. The van der Waals surface area contributed by atoms with Gasteiger partial charge in [0.25, 0.3) is 0 Å². The Kier molecular flexibility index (Phi) is 2.70. The van der Waals surface area contributed by atoms with Crippen LogP contribution in [0.25, 0.3) is 0 Å². The Morgan fingerprint density at radius 3 is 2.67 bits per heavy atom. The van der Waals surface area contributed by atoms with Gasteiger partial charge in [0.05, 0.1) is 11.7 Å². The zero-order chi connectivity index (χ0) is 11.2. The average Bonchev–Trinajstić information content (AvgIpc) is 2.14. The molecule has 2 rings (SSSR count). The molecule has 1 saturated heterocycles. The van der Waals surface area contributed by atoms with Crippen LogP contribution < -0.4 is 0 Å². The molecule has 0 radical (unpaired) electrons. The van der Waals surface area contributed by atoms with Crippen molar-refractivity contribution in [1.29, 1.82) is 0 Å². The average molecular weight is 208 g/mol. The van der Waals surface area contributed by atoms with E-state index in [1.165, 1.54) is 12.8 Å². The van der Waals surface area contributed by atoms with Crippen molar-refractivity contribution in [3.63, 3.8) is 0 Å². The van der Waals surface area contributed by atoms with Gasteiger partial charge in [0.15, 0.2) is 0 Å². The van der Waals surface area contributed by atoms with Crippen LogP contribution in [0.5, 0.6) is 0 Å². The molecule has 0 N–H and O–H groups in total. The summed E-state index contributed by atoms with van der Waals surface area (Å²) in [5, 5.41) is 0. The number of rotatable bonds is 1. The van der Waals surface area contributed by atoms with Crippen molar-refractivity contribution in [3.8, 4) is 0 Å². The van der Waals surface area contributed by atoms with Gasteiger partial charge in [0.2, 0.25) is 0 Å². The van der Waals surface area contributed by atoms with Gasteiger partial charge in [-0.2, -0.15) is 0 Å². The molecule has 0 aromatic heterocycles. The molecule has 3 atom stereocenters. The summed E-state index contributed by atoms with van der Waals surface area (Å²) in [4.78, 5) is 0. The third-order valence-corrected chi connectivity index (χ3v) is 4.32. The fraction of sp³-hybridized carbons (Fsp3) is 0.857. The second kappa shape index (κ2) is 3.62. The Morgan fingerprint density at radius 1 is 1.40 bits per heavy atom. The Labute approximate surface area is 93.9 Å². The quantitative estimate of drug-likeness (QED) is 0.596. The van der Waals surface area contributed by atoms with E-state index in [0.717, 1.165) is 5.92 Å². The first kappa shape index (κ1) is 11.2. The SMILES string of the molecule is CC1=CC[C@@H]2C[C@H]1[C@@H](C(C)C)OC2(C)C. The van der Waals surface area contributed by atoms with E-state index >= 15 is 0 Å². The van der Waals surface area contributed by atoms with Crippen molar-refractivity contribution in [2.24, 2.45) is 17.8 Å². The molecule has 0 aromatic rings. The Hall–Kier alpha value is -0.300. The smallest absolute Gasteiger partial charge is 0.0670 e. The molecule has 2 aliphatic rings. The molecule has 1 aliphatic carbocycles. The number of fused-ring (bicyclic) bond motifs is 2. The molecule has 0 spiro atoms. The van der Waals surface area contributed by atoms with Gasteiger partial charge in [-0.3, -0.25) is 0 Å². The van der Waals surface area contributed by atoms with Crippen molar-refractivity contribution in [2.75, 3.05) is 0 Å². The predicted octanol–water partition coefficient (Wildman–Crippen LogP) is 3.79. The van der Waals surface area contributed by atoms with Gasteiger partial charge in [-0.25, -0.2) is 0 Å². The van der Waals surface area contributed by atoms with E-state index in [1.807, 2.05) is 0 Å².